The molecule has 25 heavy (non-hydrogen) atoms. The van der Waals surface area contributed by atoms with Gasteiger partial charge in [-0.25, -0.2) is 0 Å². The number of carboxylic acids is 1. The van der Waals surface area contributed by atoms with Gasteiger partial charge in [-0.2, -0.15) is 0 Å². The number of fused-ring (bicyclic) bond motifs is 1. The van der Waals surface area contributed by atoms with Crippen molar-refractivity contribution in [1.29, 1.82) is 0 Å². The van der Waals surface area contributed by atoms with Gasteiger partial charge < -0.3 is 14.6 Å². The minimum Gasteiger partial charge on any atom is -0.493 e. The summed E-state index contributed by atoms with van der Waals surface area (Å²) in [7, 11) is 3.14. The number of carbonyl (C=O) groups is 2. The molecule has 1 fully saturated rings. The number of carbonyl (C=O) groups excluding carboxylic acids is 1. The first-order valence-electron chi connectivity index (χ1n) is 8.34. The molecule has 1 saturated carbocycles. The summed E-state index contributed by atoms with van der Waals surface area (Å²) in [6, 6.07) is 5.49. The summed E-state index contributed by atoms with van der Waals surface area (Å²) in [6.45, 7) is 2.12. The Hall–Kier alpha value is -2.08. The highest BCUT2D eigenvalue weighted by Crippen LogP contribution is 2.43. The number of ether oxygens (including phenoxy) is 2. The Balaban J connectivity index is 1.80. The number of carboxylic acid groups (broad SMARTS) is 1. The molecule has 1 heterocycles. The Morgan fingerprint density at radius 1 is 1.24 bits per heavy atom. The number of methoxy groups -OCH3 is 2. The van der Waals surface area contributed by atoms with Crippen LogP contribution in [0.3, 0.4) is 0 Å². The van der Waals surface area contributed by atoms with Gasteiger partial charge in [-0.3, -0.25) is 9.59 Å². The van der Waals surface area contributed by atoms with Gasteiger partial charge in [-0.1, -0.05) is 6.92 Å². The Morgan fingerprint density at radius 2 is 1.88 bits per heavy atom. The molecule has 0 spiro atoms. The third-order valence-corrected chi connectivity index (χ3v) is 6.08. The molecule has 0 bridgehead atoms. The van der Waals surface area contributed by atoms with Gasteiger partial charge in [0.15, 0.2) is 17.3 Å². The van der Waals surface area contributed by atoms with Crippen molar-refractivity contribution in [3.63, 3.8) is 0 Å². The fourth-order valence-electron chi connectivity index (χ4n) is 3.19. The van der Waals surface area contributed by atoms with E-state index in [2.05, 4.69) is 6.92 Å². The number of ketones is 1. The van der Waals surface area contributed by atoms with Crippen LogP contribution in [-0.4, -0.2) is 31.1 Å². The summed E-state index contributed by atoms with van der Waals surface area (Å²) in [5.74, 6) is 0.666. The molecule has 1 aromatic carbocycles. The third-order valence-electron chi connectivity index (χ3n) is 4.94. The smallest absolute Gasteiger partial charge is 0.306 e. The summed E-state index contributed by atoms with van der Waals surface area (Å²) in [4.78, 5) is 24.7. The maximum Gasteiger partial charge on any atom is 0.306 e. The van der Waals surface area contributed by atoms with E-state index >= 15 is 0 Å². The van der Waals surface area contributed by atoms with Gasteiger partial charge in [0.2, 0.25) is 0 Å². The lowest BCUT2D eigenvalue weighted by atomic mass is 9.95. The predicted octanol–water partition coefficient (Wildman–Crippen LogP) is 4.24. The Kier molecular flexibility index (Phi) is 4.99. The van der Waals surface area contributed by atoms with E-state index in [0.29, 0.717) is 34.6 Å². The van der Waals surface area contributed by atoms with Crippen molar-refractivity contribution in [1.82, 2.24) is 0 Å². The van der Waals surface area contributed by atoms with Crippen LogP contribution in [0.2, 0.25) is 0 Å². The number of thiophene rings is 1. The van der Waals surface area contributed by atoms with Crippen molar-refractivity contribution in [2.45, 2.75) is 26.2 Å². The Bertz CT molecular complexity index is 768. The largest absolute Gasteiger partial charge is 0.493 e. The van der Waals surface area contributed by atoms with Crippen LogP contribution in [0, 0.1) is 17.8 Å². The molecular formula is C19H22O5S. The number of aliphatic carboxylic acids is 1. The molecule has 1 aromatic heterocycles. The van der Waals surface area contributed by atoms with Gasteiger partial charge >= 0.3 is 5.97 Å². The average molecular weight is 362 g/mol. The van der Waals surface area contributed by atoms with Crippen LogP contribution in [0.1, 0.15) is 35.9 Å². The van der Waals surface area contributed by atoms with Crippen molar-refractivity contribution in [2.24, 2.45) is 17.8 Å². The summed E-state index contributed by atoms with van der Waals surface area (Å²) >= 11 is 1.36. The molecule has 1 aliphatic carbocycles. The first-order chi connectivity index (χ1) is 11.9. The topological polar surface area (TPSA) is 72.8 Å². The van der Waals surface area contributed by atoms with E-state index in [1.807, 2.05) is 18.2 Å². The van der Waals surface area contributed by atoms with Gasteiger partial charge in [-0.05, 0) is 42.2 Å². The van der Waals surface area contributed by atoms with E-state index in [1.54, 1.807) is 14.2 Å². The van der Waals surface area contributed by atoms with E-state index in [4.69, 9.17) is 9.47 Å². The number of Topliss-reactive ketones (excluding diaryl/α,β-unsaturated/α-hetero) is 1. The second-order valence-electron chi connectivity index (χ2n) is 6.73. The number of benzene rings is 1. The van der Waals surface area contributed by atoms with Crippen LogP contribution >= 0.6 is 11.3 Å². The van der Waals surface area contributed by atoms with Crippen LogP contribution in [-0.2, 0) is 4.79 Å². The van der Waals surface area contributed by atoms with Gasteiger partial charge in [0.25, 0.3) is 0 Å². The molecule has 3 atom stereocenters. The molecular weight excluding hydrogens is 340 g/mol. The number of rotatable bonds is 8. The summed E-state index contributed by atoms with van der Waals surface area (Å²) in [6.07, 6.45) is 1.72. The van der Waals surface area contributed by atoms with Crippen molar-refractivity contribution >= 4 is 33.2 Å². The summed E-state index contributed by atoms with van der Waals surface area (Å²) in [5, 5.41) is 10.3. The minimum absolute atomic E-state index is 0.0552. The lowest BCUT2D eigenvalue weighted by molar-refractivity contribution is -0.142. The molecule has 0 amide bonds. The number of hydrogen-bond donors (Lipinski definition) is 1. The van der Waals surface area contributed by atoms with Crippen molar-refractivity contribution < 1.29 is 24.2 Å². The maximum atomic E-state index is 12.6. The van der Waals surface area contributed by atoms with Crippen molar-refractivity contribution in [3.8, 4) is 11.5 Å². The zero-order chi connectivity index (χ0) is 18.1. The minimum atomic E-state index is -0.878. The fourth-order valence-corrected chi connectivity index (χ4v) is 4.21. The third kappa shape index (κ3) is 3.79. The number of hydrogen-bond acceptors (Lipinski definition) is 5. The molecule has 0 radical (unpaired) electrons. The van der Waals surface area contributed by atoms with E-state index in [1.165, 1.54) is 11.3 Å². The molecule has 0 saturated heterocycles. The van der Waals surface area contributed by atoms with Gasteiger partial charge in [0.1, 0.15) is 0 Å². The molecule has 0 aliphatic heterocycles. The normalized spacial score (nSPS) is 20.3. The van der Waals surface area contributed by atoms with E-state index in [9.17, 15) is 14.7 Å². The van der Waals surface area contributed by atoms with Gasteiger partial charge in [-0.15, -0.1) is 11.3 Å². The Morgan fingerprint density at radius 3 is 2.44 bits per heavy atom. The first kappa shape index (κ1) is 17.7. The van der Waals surface area contributed by atoms with E-state index in [-0.39, 0.29) is 12.2 Å². The monoisotopic (exact) mass is 362 g/mol. The fraction of sp³-hybridized carbons (Fsp3) is 0.474. The molecule has 134 valence electrons. The van der Waals surface area contributed by atoms with Crippen LogP contribution < -0.4 is 9.47 Å². The second kappa shape index (κ2) is 7.04. The summed E-state index contributed by atoms with van der Waals surface area (Å²) < 4.78 is 11.5. The molecule has 1 N–H and O–H groups in total. The van der Waals surface area contributed by atoms with Crippen LogP contribution in [0.5, 0.6) is 11.5 Å². The molecule has 3 rings (SSSR count). The highest BCUT2D eigenvalue weighted by atomic mass is 32.1. The highest BCUT2D eigenvalue weighted by Gasteiger charge is 2.37. The highest BCUT2D eigenvalue weighted by molar-refractivity contribution is 7.20. The Labute approximate surface area is 150 Å². The van der Waals surface area contributed by atoms with Crippen molar-refractivity contribution in [2.75, 3.05) is 14.2 Å². The zero-order valence-corrected chi connectivity index (χ0v) is 15.4. The zero-order valence-electron chi connectivity index (χ0n) is 14.6. The molecule has 6 heteroatoms. The molecule has 2 aromatic rings. The molecule has 1 aliphatic rings. The second-order valence-corrected chi connectivity index (χ2v) is 7.81. The first-order valence-corrected chi connectivity index (χ1v) is 9.16. The predicted molar refractivity (Wildman–Crippen MR) is 96.9 cm³/mol. The van der Waals surface area contributed by atoms with E-state index < -0.39 is 11.9 Å². The lowest BCUT2D eigenvalue weighted by Crippen LogP contribution is -2.18. The summed E-state index contributed by atoms with van der Waals surface area (Å²) in [5.41, 5.74) is 0. The van der Waals surface area contributed by atoms with Crippen LogP contribution in [0.4, 0.5) is 0 Å². The quantitative estimate of drug-likeness (QED) is 0.711. The van der Waals surface area contributed by atoms with Gasteiger partial charge in [0, 0.05) is 17.2 Å². The SMILES string of the molecule is COc1cc2cc(C(=O)CC(CC3CC3C)C(=O)O)sc2cc1OC. The average Bonchev–Trinajstić information content (AvgIpc) is 3.12. The lowest BCUT2D eigenvalue weighted by Gasteiger charge is -2.10. The molecule has 5 nitrogen and oxygen atoms in total. The van der Waals surface area contributed by atoms with Crippen LogP contribution in [0.15, 0.2) is 18.2 Å². The van der Waals surface area contributed by atoms with Crippen LogP contribution in [0.25, 0.3) is 10.1 Å². The standard InChI is InChI=1S/C19H22O5S/c1-10-4-11(10)5-13(19(21)22)6-14(20)18-8-12-7-15(23-2)16(24-3)9-17(12)25-18/h7-11,13H,4-6H2,1-3H3,(H,21,22). The van der Waals surface area contributed by atoms with Gasteiger partial charge in [0.05, 0.1) is 25.0 Å². The maximum absolute atomic E-state index is 12.6. The molecule has 3 unspecified atom stereocenters. The van der Waals surface area contributed by atoms with Crippen molar-refractivity contribution in [3.05, 3.63) is 23.1 Å². The van der Waals surface area contributed by atoms with E-state index in [0.717, 1.165) is 16.5 Å².